The highest BCUT2D eigenvalue weighted by molar-refractivity contribution is 5.93. The van der Waals surface area contributed by atoms with E-state index in [-0.39, 0.29) is 23.1 Å². The molecule has 3 N–H and O–H groups in total. The number of carbonyl (C=O) groups excluding carboxylic acids is 1. The summed E-state index contributed by atoms with van der Waals surface area (Å²) in [7, 11) is 0. The first-order valence-electron chi connectivity index (χ1n) is 8.45. The smallest absolute Gasteiger partial charge is 0.269 e. The molecule has 3 aromatic rings. The molecule has 1 aromatic carbocycles. The largest absolute Gasteiger partial charge is 0.507 e. The number of rotatable bonds is 5. The minimum Gasteiger partial charge on any atom is -0.507 e. The van der Waals surface area contributed by atoms with Crippen LogP contribution >= 0.6 is 0 Å². The number of carbonyl (C=O) groups is 1. The van der Waals surface area contributed by atoms with Crippen LogP contribution in [0.25, 0.3) is 11.3 Å². The standard InChI is InChI=1S/C19H23N5O2/c1-19(2,3)17(11-24-9-8-20-12-24)21-18(26)15-10-14(22-23-15)13-6-4-5-7-16(13)25/h4-10,12,17,25H,11H2,1-3H3,(H,21,26)(H,22,23). The van der Waals surface area contributed by atoms with Gasteiger partial charge in [-0.3, -0.25) is 9.89 Å². The van der Waals surface area contributed by atoms with Gasteiger partial charge in [0.15, 0.2) is 0 Å². The van der Waals surface area contributed by atoms with Crippen molar-refractivity contribution in [3.63, 3.8) is 0 Å². The lowest BCUT2D eigenvalue weighted by molar-refractivity contribution is 0.0887. The first kappa shape index (κ1) is 17.7. The average molecular weight is 353 g/mol. The molecule has 1 atom stereocenters. The first-order chi connectivity index (χ1) is 12.3. The molecule has 0 aliphatic rings. The summed E-state index contributed by atoms with van der Waals surface area (Å²) in [5.41, 5.74) is 1.31. The highest BCUT2D eigenvalue weighted by Gasteiger charge is 2.27. The number of aromatic nitrogens is 4. The molecule has 1 amide bonds. The van der Waals surface area contributed by atoms with Gasteiger partial charge >= 0.3 is 0 Å². The molecule has 0 saturated carbocycles. The molecule has 0 spiro atoms. The van der Waals surface area contributed by atoms with E-state index in [1.165, 1.54) is 0 Å². The fourth-order valence-electron chi connectivity index (χ4n) is 2.64. The summed E-state index contributed by atoms with van der Waals surface area (Å²) in [5.74, 6) is -0.113. The van der Waals surface area contributed by atoms with Crippen molar-refractivity contribution < 1.29 is 9.90 Å². The van der Waals surface area contributed by atoms with Crippen molar-refractivity contribution in [1.29, 1.82) is 0 Å². The molecule has 2 heterocycles. The molecule has 0 bridgehead atoms. The Kier molecular flexibility index (Phi) is 4.79. The molecule has 0 aliphatic carbocycles. The van der Waals surface area contributed by atoms with E-state index in [2.05, 4.69) is 41.3 Å². The molecule has 0 saturated heterocycles. The summed E-state index contributed by atoms with van der Waals surface area (Å²) in [6, 6.07) is 8.43. The highest BCUT2D eigenvalue weighted by Crippen LogP contribution is 2.27. The van der Waals surface area contributed by atoms with Crippen molar-refractivity contribution >= 4 is 5.91 Å². The second-order valence-electron chi connectivity index (χ2n) is 7.34. The van der Waals surface area contributed by atoms with E-state index in [4.69, 9.17) is 0 Å². The Labute approximate surface area is 152 Å². The third-order valence-corrected chi connectivity index (χ3v) is 4.31. The van der Waals surface area contributed by atoms with Gasteiger partial charge in [-0.05, 0) is 23.6 Å². The molecular formula is C19H23N5O2. The second-order valence-corrected chi connectivity index (χ2v) is 7.34. The summed E-state index contributed by atoms with van der Waals surface area (Å²) in [6.45, 7) is 6.86. The van der Waals surface area contributed by atoms with Gasteiger partial charge in [0.05, 0.1) is 18.1 Å². The number of phenolic OH excluding ortho intramolecular Hbond substituents is 1. The van der Waals surface area contributed by atoms with Gasteiger partial charge in [-0.25, -0.2) is 4.98 Å². The van der Waals surface area contributed by atoms with E-state index < -0.39 is 0 Å². The quantitative estimate of drug-likeness (QED) is 0.657. The number of amides is 1. The zero-order valence-corrected chi connectivity index (χ0v) is 15.1. The summed E-state index contributed by atoms with van der Waals surface area (Å²) in [5, 5.41) is 19.9. The zero-order chi connectivity index (χ0) is 18.7. The summed E-state index contributed by atoms with van der Waals surface area (Å²) >= 11 is 0. The first-order valence-corrected chi connectivity index (χ1v) is 8.45. The predicted octanol–water partition coefficient (Wildman–Crippen LogP) is 2.82. The number of hydrogen-bond donors (Lipinski definition) is 3. The molecule has 136 valence electrons. The van der Waals surface area contributed by atoms with Gasteiger partial charge in [0.25, 0.3) is 5.91 Å². The third-order valence-electron chi connectivity index (χ3n) is 4.31. The van der Waals surface area contributed by atoms with E-state index >= 15 is 0 Å². The summed E-state index contributed by atoms with van der Waals surface area (Å²) in [4.78, 5) is 16.7. The van der Waals surface area contributed by atoms with Crippen LogP contribution in [0.15, 0.2) is 49.1 Å². The predicted molar refractivity (Wildman–Crippen MR) is 98.6 cm³/mol. The number of aromatic hydroxyl groups is 1. The minimum atomic E-state index is -0.237. The van der Waals surface area contributed by atoms with E-state index in [1.54, 1.807) is 36.8 Å². The zero-order valence-electron chi connectivity index (χ0n) is 15.1. The van der Waals surface area contributed by atoms with Crippen LogP contribution in [0.5, 0.6) is 5.75 Å². The molecule has 3 rings (SSSR count). The Morgan fingerprint density at radius 1 is 1.35 bits per heavy atom. The van der Waals surface area contributed by atoms with Crippen LogP contribution in [0.1, 0.15) is 31.3 Å². The minimum absolute atomic E-state index is 0.0962. The van der Waals surface area contributed by atoms with Crippen LogP contribution in [0.2, 0.25) is 0 Å². The van der Waals surface area contributed by atoms with Crippen molar-refractivity contribution in [2.24, 2.45) is 5.41 Å². The number of H-pyrrole nitrogens is 1. The maximum atomic E-state index is 12.7. The van der Waals surface area contributed by atoms with Gasteiger partial charge in [-0.1, -0.05) is 32.9 Å². The number of nitrogens with zero attached hydrogens (tertiary/aromatic N) is 3. The van der Waals surface area contributed by atoms with Gasteiger partial charge in [0, 0.05) is 24.5 Å². The monoisotopic (exact) mass is 353 g/mol. The number of phenols is 1. The Morgan fingerprint density at radius 3 is 2.77 bits per heavy atom. The number of aromatic amines is 1. The van der Waals surface area contributed by atoms with Gasteiger partial charge in [0.2, 0.25) is 0 Å². The van der Waals surface area contributed by atoms with Crippen molar-refractivity contribution in [3.05, 3.63) is 54.7 Å². The van der Waals surface area contributed by atoms with E-state index in [1.807, 2.05) is 16.8 Å². The number of nitrogens with one attached hydrogen (secondary N) is 2. The van der Waals surface area contributed by atoms with Gasteiger partial charge in [-0.15, -0.1) is 0 Å². The molecule has 26 heavy (non-hydrogen) atoms. The van der Waals surface area contributed by atoms with Crippen LogP contribution in [-0.2, 0) is 6.54 Å². The van der Waals surface area contributed by atoms with Crippen molar-refractivity contribution in [3.8, 4) is 17.0 Å². The van der Waals surface area contributed by atoms with Crippen LogP contribution in [-0.4, -0.2) is 36.8 Å². The molecule has 0 aliphatic heterocycles. The normalized spacial score (nSPS) is 12.7. The Hall–Kier alpha value is -3.09. The number of para-hydroxylation sites is 1. The van der Waals surface area contributed by atoms with Crippen molar-refractivity contribution in [1.82, 2.24) is 25.1 Å². The van der Waals surface area contributed by atoms with Gasteiger partial charge < -0.3 is 15.0 Å². The lowest BCUT2D eigenvalue weighted by Gasteiger charge is -2.31. The molecule has 2 aromatic heterocycles. The topological polar surface area (TPSA) is 95.8 Å². The average Bonchev–Trinajstić information content (AvgIpc) is 3.25. The molecule has 1 unspecified atom stereocenters. The summed E-state index contributed by atoms with van der Waals surface area (Å²) in [6.07, 6.45) is 5.32. The van der Waals surface area contributed by atoms with Gasteiger partial charge in [-0.2, -0.15) is 5.10 Å². The van der Waals surface area contributed by atoms with Crippen LogP contribution < -0.4 is 5.32 Å². The fourth-order valence-corrected chi connectivity index (χ4v) is 2.64. The lowest BCUT2D eigenvalue weighted by Crippen LogP contribution is -2.46. The lowest BCUT2D eigenvalue weighted by atomic mass is 9.86. The number of imidazole rings is 1. The molecule has 0 fully saturated rings. The number of hydrogen-bond acceptors (Lipinski definition) is 4. The Bertz CT molecular complexity index is 877. The van der Waals surface area contributed by atoms with Crippen LogP contribution in [0, 0.1) is 5.41 Å². The number of benzene rings is 1. The molecular weight excluding hydrogens is 330 g/mol. The van der Waals surface area contributed by atoms with Crippen molar-refractivity contribution in [2.75, 3.05) is 0 Å². The Morgan fingerprint density at radius 2 is 2.12 bits per heavy atom. The van der Waals surface area contributed by atoms with Crippen molar-refractivity contribution in [2.45, 2.75) is 33.4 Å². The molecule has 7 nitrogen and oxygen atoms in total. The second kappa shape index (κ2) is 7.03. The van der Waals surface area contributed by atoms with E-state index in [0.29, 0.717) is 23.5 Å². The molecule has 0 radical (unpaired) electrons. The van der Waals surface area contributed by atoms with Crippen LogP contribution in [0.4, 0.5) is 0 Å². The maximum Gasteiger partial charge on any atom is 0.269 e. The third kappa shape index (κ3) is 3.93. The maximum absolute atomic E-state index is 12.7. The van der Waals surface area contributed by atoms with E-state index in [9.17, 15) is 9.90 Å². The Balaban J connectivity index is 1.77. The molecule has 7 heteroatoms. The fraction of sp³-hybridized carbons (Fsp3) is 0.316. The van der Waals surface area contributed by atoms with E-state index in [0.717, 1.165) is 0 Å². The highest BCUT2D eigenvalue weighted by atomic mass is 16.3. The van der Waals surface area contributed by atoms with Gasteiger partial charge in [0.1, 0.15) is 11.4 Å². The SMILES string of the molecule is CC(C)(C)C(Cn1ccnc1)NC(=O)c1cc(-c2ccccc2O)n[nH]1. The summed E-state index contributed by atoms with van der Waals surface area (Å²) < 4.78 is 1.94. The van der Waals surface area contributed by atoms with Crippen LogP contribution in [0.3, 0.4) is 0 Å².